The second-order valence-electron chi connectivity index (χ2n) is 5.13. The van der Waals surface area contributed by atoms with Gasteiger partial charge in [0.2, 0.25) is 5.95 Å². The number of hydrogen-bond acceptors (Lipinski definition) is 4. The van der Waals surface area contributed by atoms with E-state index in [1.807, 2.05) is 6.92 Å². The first-order valence-corrected chi connectivity index (χ1v) is 6.53. The molecule has 1 aromatic heterocycles. The normalized spacial score (nSPS) is 17.7. The zero-order valence-corrected chi connectivity index (χ0v) is 11.1. The number of aromatic nitrogens is 2. The Labute approximate surface area is 116 Å². The molecule has 20 heavy (non-hydrogen) atoms. The van der Waals surface area contributed by atoms with Gasteiger partial charge in [0.25, 0.3) is 0 Å². The van der Waals surface area contributed by atoms with Crippen LogP contribution in [0.5, 0.6) is 0 Å². The molecule has 0 spiro atoms. The molecule has 1 N–H and O–H groups in total. The molecular formula is C15H14FN3O. The summed E-state index contributed by atoms with van der Waals surface area (Å²) in [4.78, 5) is 20.4. The van der Waals surface area contributed by atoms with Gasteiger partial charge in [0.15, 0.2) is 5.78 Å². The van der Waals surface area contributed by atoms with E-state index >= 15 is 0 Å². The summed E-state index contributed by atoms with van der Waals surface area (Å²) in [7, 11) is 0. The summed E-state index contributed by atoms with van der Waals surface area (Å²) in [5.74, 6) is 0.455. The van der Waals surface area contributed by atoms with Crippen LogP contribution < -0.4 is 5.32 Å². The van der Waals surface area contributed by atoms with Crippen LogP contribution in [0, 0.1) is 11.7 Å². The topological polar surface area (TPSA) is 54.9 Å². The van der Waals surface area contributed by atoms with Gasteiger partial charge in [-0.1, -0.05) is 13.0 Å². The molecule has 0 saturated carbocycles. The summed E-state index contributed by atoms with van der Waals surface area (Å²) >= 11 is 0. The van der Waals surface area contributed by atoms with Gasteiger partial charge in [0.05, 0.1) is 11.3 Å². The van der Waals surface area contributed by atoms with Crippen molar-refractivity contribution in [3.8, 4) is 0 Å². The van der Waals surface area contributed by atoms with Gasteiger partial charge in [-0.2, -0.15) is 0 Å². The van der Waals surface area contributed by atoms with Crippen molar-refractivity contribution in [2.45, 2.75) is 19.8 Å². The summed E-state index contributed by atoms with van der Waals surface area (Å²) in [6, 6.07) is 6.09. The first-order chi connectivity index (χ1) is 9.61. The van der Waals surface area contributed by atoms with Crippen molar-refractivity contribution in [3.63, 3.8) is 0 Å². The van der Waals surface area contributed by atoms with Crippen LogP contribution in [0.3, 0.4) is 0 Å². The van der Waals surface area contributed by atoms with Crippen molar-refractivity contribution >= 4 is 17.4 Å². The molecule has 3 rings (SSSR count). The van der Waals surface area contributed by atoms with Gasteiger partial charge in [0.1, 0.15) is 5.82 Å². The van der Waals surface area contributed by atoms with Crippen LogP contribution in [0.1, 0.15) is 29.4 Å². The number of benzene rings is 1. The predicted molar refractivity (Wildman–Crippen MR) is 73.5 cm³/mol. The van der Waals surface area contributed by atoms with E-state index in [1.165, 1.54) is 12.1 Å². The van der Waals surface area contributed by atoms with E-state index in [2.05, 4.69) is 15.3 Å². The summed E-state index contributed by atoms with van der Waals surface area (Å²) in [6.45, 7) is 2.03. The van der Waals surface area contributed by atoms with Crippen LogP contribution in [-0.4, -0.2) is 15.8 Å². The Balaban J connectivity index is 1.89. The van der Waals surface area contributed by atoms with Crippen molar-refractivity contribution in [2.75, 3.05) is 5.32 Å². The second-order valence-corrected chi connectivity index (χ2v) is 5.13. The van der Waals surface area contributed by atoms with E-state index in [4.69, 9.17) is 0 Å². The maximum Gasteiger partial charge on any atom is 0.227 e. The van der Waals surface area contributed by atoms with Gasteiger partial charge in [-0.25, -0.2) is 14.4 Å². The van der Waals surface area contributed by atoms with E-state index in [0.29, 0.717) is 29.5 Å². The summed E-state index contributed by atoms with van der Waals surface area (Å²) in [5.41, 5.74) is 1.95. The van der Waals surface area contributed by atoms with E-state index in [-0.39, 0.29) is 11.6 Å². The Morgan fingerprint density at radius 2 is 2.20 bits per heavy atom. The van der Waals surface area contributed by atoms with Crippen molar-refractivity contribution < 1.29 is 9.18 Å². The first kappa shape index (κ1) is 12.7. The Morgan fingerprint density at radius 3 is 3.00 bits per heavy atom. The summed E-state index contributed by atoms with van der Waals surface area (Å²) < 4.78 is 13.1. The van der Waals surface area contributed by atoms with Gasteiger partial charge in [-0.15, -0.1) is 0 Å². The van der Waals surface area contributed by atoms with E-state index in [0.717, 1.165) is 12.1 Å². The average molecular weight is 271 g/mol. The summed E-state index contributed by atoms with van der Waals surface area (Å²) in [6.07, 6.45) is 2.87. The lowest BCUT2D eigenvalue weighted by molar-refractivity contribution is 0.0951. The van der Waals surface area contributed by atoms with Crippen molar-refractivity contribution in [3.05, 3.63) is 47.5 Å². The van der Waals surface area contributed by atoms with Crippen LogP contribution in [-0.2, 0) is 6.42 Å². The van der Waals surface area contributed by atoms with Crippen LogP contribution in [0.4, 0.5) is 16.0 Å². The Bertz CT molecular complexity index is 672. The molecule has 1 heterocycles. The van der Waals surface area contributed by atoms with E-state index in [1.54, 1.807) is 18.3 Å². The highest BCUT2D eigenvalue weighted by Crippen LogP contribution is 2.24. The summed E-state index contributed by atoms with van der Waals surface area (Å²) in [5, 5.41) is 2.95. The predicted octanol–water partition coefficient (Wildman–Crippen LogP) is 3.12. The lowest BCUT2D eigenvalue weighted by Crippen LogP contribution is -2.20. The molecule has 5 heteroatoms. The molecule has 0 saturated heterocycles. The molecule has 0 fully saturated rings. The number of anilines is 2. The highest BCUT2D eigenvalue weighted by atomic mass is 19.1. The number of ketones is 1. The zero-order chi connectivity index (χ0) is 14.1. The highest BCUT2D eigenvalue weighted by Gasteiger charge is 2.24. The van der Waals surface area contributed by atoms with Crippen LogP contribution in [0.15, 0.2) is 30.5 Å². The van der Waals surface area contributed by atoms with E-state index in [9.17, 15) is 9.18 Å². The number of nitrogens with one attached hydrogen (secondary N) is 1. The molecule has 1 unspecified atom stereocenters. The largest absolute Gasteiger partial charge is 0.324 e. The molecule has 1 aromatic carbocycles. The highest BCUT2D eigenvalue weighted by molar-refractivity contribution is 5.98. The molecule has 1 aliphatic carbocycles. The number of rotatable bonds is 2. The number of halogens is 1. The zero-order valence-electron chi connectivity index (χ0n) is 11.1. The minimum Gasteiger partial charge on any atom is -0.324 e. The van der Waals surface area contributed by atoms with Gasteiger partial charge in [0, 0.05) is 18.3 Å². The van der Waals surface area contributed by atoms with E-state index < -0.39 is 0 Å². The number of carbonyl (C=O) groups is 1. The second kappa shape index (κ2) is 5.00. The number of Topliss-reactive ketones (excluding diaryl/α,β-unsaturated/α-hetero) is 1. The molecular weight excluding hydrogens is 257 g/mol. The van der Waals surface area contributed by atoms with Gasteiger partial charge in [-0.05, 0) is 30.5 Å². The molecule has 1 atom stereocenters. The van der Waals surface area contributed by atoms with Crippen LogP contribution in [0.25, 0.3) is 0 Å². The third-order valence-corrected chi connectivity index (χ3v) is 3.32. The molecule has 102 valence electrons. The van der Waals surface area contributed by atoms with Crippen LogP contribution in [0.2, 0.25) is 0 Å². The minimum absolute atomic E-state index is 0.0936. The Morgan fingerprint density at radius 1 is 1.35 bits per heavy atom. The number of nitrogens with zero attached hydrogens (tertiary/aromatic N) is 2. The maximum absolute atomic E-state index is 13.1. The van der Waals surface area contributed by atoms with Crippen molar-refractivity contribution in [2.24, 2.45) is 5.92 Å². The lowest BCUT2D eigenvalue weighted by Gasteiger charge is -2.19. The molecule has 4 nitrogen and oxygen atoms in total. The number of carbonyl (C=O) groups excluding carboxylic acids is 1. The van der Waals surface area contributed by atoms with Crippen LogP contribution >= 0.6 is 0 Å². The Hall–Kier alpha value is -2.30. The third kappa shape index (κ3) is 2.52. The number of hydrogen-bond donors (Lipinski definition) is 1. The van der Waals surface area contributed by atoms with Gasteiger partial charge < -0.3 is 5.32 Å². The minimum atomic E-state index is -0.322. The van der Waals surface area contributed by atoms with Crippen molar-refractivity contribution in [1.29, 1.82) is 0 Å². The number of fused-ring (bicyclic) bond motifs is 1. The molecule has 1 aliphatic rings. The smallest absolute Gasteiger partial charge is 0.227 e. The quantitative estimate of drug-likeness (QED) is 0.911. The maximum atomic E-state index is 13.1. The fourth-order valence-electron chi connectivity index (χ4n) is 2.39. The standard InChI is InChI=1S/C15H14FN3O/c1-9-5-13-12(14(20)6-9)8-17-15(19-13)18-11-4-2-3-10(16)7-11/h2-4,7-9H,5-6H2,1H3,(H,17,18,19). The first-order valence-electron chi connectivity index (χ1n) is 6.53. The molecule has 0 amide bonds. The van der Waals surface area contributed by atoms with Gasteiger partial charge >= 0.3 is 0 Å². The Kier molecular flexibility index (Phi) is 3.18. The van der Waals surface area contributed by atoms with Crippen molar-refractivity contribution in [1.82, 2.24) is 9.97 Å². The fourth-order valence-corrected chi connectivity index (χ4v) is 2.39. The molecule has 0 bridgehead atoms. The lowest BCUT2D eigenvalue weighted by atomic mass is 9.88. The third-order valence-electron chi connectivity index (χ3n) is 3.32. The SMILES string of the molecule is CC1CC(=O)c2cnc(Nc3cccc(F)c3)nc2C1. The molecule has 2 aromatic rings. The average Bonchev–Trinajstić information content (AvgIpc) is 2.38. The molecule has 0 radical (unpaired) electrons. The monoisotopic (exact) mass is 271 g/mol. The van der Waals surface area contributed by atoms with Gasteiger partial charge in [-0.3, -0.25) is 4.79 Å². The fraction of sp³-hybridized carbons (Fsp3) is 0.267. The molecule has 0 aliphatic heterocycles.